The second kappa shape index (κ2) is 4.59. The second-order valence-corrected chi connectivity index (χ2v) is 6.44. The normalized spacial score (nSPS) is 30.7. The Morgan fingerprint density at radius 1 is 1.43 bits per heavy atom. The standard InChI is InChI=1S/C9H19NO3S/c1-9(10-5-2-3-6-11)4-7-14(12,13)8-9/h10-11H,2-8H2,1H3. The highest BCUT2D eigenvalue weighted by Gasteiger charge is 2.37. The van der Waals surface area contributed by atoms with Gasteiger partial charge in [0, 0.05) is 12.1 Å². The van der Waals surface area contributed by atoms with Crippen molar-refractivity contribution in [1.29, 1.82) is 0 Å². The second-order valence-electron chi connectivity index (χ2n) is 4.26. The third kappa shape index (κ3) is 3.55. The highest BCUT2D eigenvalue weighted by atomic mass is 32.2. The summed E-state index contributed by atoms with van der Waals surface area (Å²) in [4.78, 5) is 0. The van der Waals surface area contributed by atoms with Crippen molar-refractivity contribution in [1.82, 2.24) is 5.32 Å². The van der Waals surface area contributed by atoms with Crippen molar-refractivity contribution in [3.05, 3.63) is 0 Å². The minimum absolute atomic E-state index is 0.205. The number of sulfone groups is 1. The summed E-state index contributed by atoms with van der Waals surface area (Å²) in [6, 6.07) is 0. The average molecular weight is 221 g/mol. The average Bonchev–Trinajstić information content (AvgIpc) is 2.36. The summed E-state index contributed by atoms with van der Waals surface area (Å²) in [6.45, 7) is 2.94. The maximum atomic E-state index is 11.3. The number of aliphatic hydroxyl groups excluding tert-OH is 1. The van der Waals surface area contributed by atoms with Gasteiger partial charge in [0.05, 0.1) is 11.5 Å². The molecule has 0 bridgehead atoms. The number of unbranched alkanes of at least 4 members (excludes halogenated alkanes) is 1. The van der Waals surface area contributed by atoms with Crippen molar-refractivity contribution < 1.29 is 13.5 Å². The minimum atomic E-state index is -2.81. The van der Waals surface area contributed by atoms with Crippen molar-refractivity contribution in [3.63, 3.8) is 0 Å². The number of nitrogens with one attached hydrogen (secondary N) is 1. The first-order chi connectivity index (χ1) is 6.47. The molecule has 5 heteroatoms. The van der Waals surface area contributed by atoms with Crippen molar-refractivity contribution in [3.8, 4) is 0 Å². The summed E-state index contributed by atoms with van der Waals surface area (Å²) in [5.41, 5.74) is -0.242. The van der Waals surface area contributed by atoms with E-state index in [2.05, 4.69) is 5.32 Å². The van der Waals surface area contributed by atoms with Crippen molar-refractivity contribution in [2.75, 3.05) is 24.7 Å². The van der Waals surface area contributed by atoms with Gasteiger partial charge in [-0.05, 0) is 32.7 Å². The number of rotatable bonds is 5. The molecule has 84 valence electrons. The Morgan fingerprint density at radius 3 is 2.64 bits per heavy atom. The highest BCUT2D eigenvalue weighted by Crippen LogP contribution is 2.22. The van der Waals surface area contributed by atoms with Gasteiger partial charge in [-0.3, -0.25) is 0 Å². The molecule has 1 atom stereocenters. The van der Waals surface area contributed by atoms with Gasteiger partial charge in [-0.15, -0.1) is 0 Å². The molecule has 4 nitrogen and oxygen atoms in total. The van der Waals surface area contributed by atoms with Crippen LogP contribution in [0, 0.1) is 0 Å². The van der Waals surface area contributed by atoms with Gasteiger partial charge < -0.3 is 10.4 Å². The summed E-state index contributed by atoms with van der Waals surface area (Å²) in [5.74, 6) is 0.551. The monoisotopic (exact) mass is 221 g/mol. The van der Waals surface area contributed by atoms with E-state index >= 15 is 0 Å². The number of hydrogen-bond donors (Lipinski definition) is 2. The molecule has 1 aliphatic rings. The lowest BCUT2D eigenvalue weighted by Gasteiger charge is -2.23. The molecule has 2 N–H and O–H groups in total. The predicted octanol–water partition coefficient (Wildman–Crippen LogP) is -0.0743. The van der Waals surface area contributed by atoms with Crippen LogP contribution in [0.2, 0.25) is 0 Å². The first-order valence-corrected chi connectivity index (χ1v) is 6.86. The Labute approximate surface area is 85.6 Å². The largest absolute Gasteiger partial charge is 0.396 e. The third-order valence-corrected chi connectivity index (χ3v) is 4.54. The van der Waals surface area contributed by atoms with Gasteiger partial charge in [-0.2, -0.15) is 0 Å². The van der Waals surface area contributed by atoms with Crippen LogP contribution in [-0.4, -0.2) is 43.7 Å². The zero-order valence-corrected chi connectivity index (χ0v) is 9.44. The van der Waals surface area contributed by atoms with Crippen LogP contribution in [0.3, 0.4) is 0 Å². The summed E-state index contributed by atoms with van der Waals surface area (Å²) >= 11 is 0. The Bertz CT molecular complexity index is 276. The van der Waals surface area contributed by atoms with Crippen molar-refractivity contribution >= 4 is 9.84 Å². The SMILES string of the molecule is CC1(NCCCCO)CCS(=O)(=O)C1. The fourth-order valence-electron chi connectivity index (χ4n) is 1.78. The fourth-order valence-corrected chi connectivity index (χ4v) is 3.90. The van der Waals surface area contributed by atoms with Crippen LogP contribution in [0.4, 0.5) is 0 Å². The van der Waals surface area contributed by atoms with E-state index in [0.29, 0.717) is 12.2 Å². The molecular formula is C9H19NO3S. The molecule has 0 spiro atoms. The van der Waals surface area contributed by atoms with E-state index in [0.717, 1.165) is 19.4 Å². The van der Waals surface area contributed by atoms with Crippen LogP contribution >= 0.6 is 0 Å². The van der Waals surface area contributed by atoms with Gasteiger partial charge in [-0.1, -0.05) is 0 Å². The van der Waals surface area contributed by atoms with Gasteiger partial charge in [0.15, 0.2) is 9.84 Å². The first-order valence-electron chi connectivity index (χ1n) is 5.04. The molecule has 0 radical (unpaired) electrons. The lowest BCUT2D eigenvalue weighted by Crippen LogP contribution is -2.43. The first kappa shape index (κ1) is 11.9. The van der Waals surface area contributed by atoms with E-state index in [1.54, 1.807) is 0 Å². The molecule has 0 aromatic heterocycles. The van der Waals surface area contributed by atoms with E-state index < -0.39 is 9.84 Å². The molecular weight excluding hydrogens is 202 g/mol. The van der Waals surface area contributed by atoms with Crippen LogP contribution < -0.4 is 5.32 Å². The Morgan fingerprint density at radius 2 is 2.14 bits per heavy atom. The molecule has 0 saturated carbocycles. The van der Waals surface area contributed by atoms with E-state index in [1.165, 1.54) is 0 Å². The Hall–Kier alpha value is -0.130. The van der Waals surface area contributed by atoms with Gasteiger partial charge in [0.1, 0.15) is 0 Å². The Balaban J connectivity index is 2.30. The van der Waals surface area contributed by atoms with Crippen LogP contribution in [0.15, 0.2) is 0 Å². The summed E-state index contributed by atoms with van der Waals surface area (Å²) < 4.78 is 22.5. The number of aliphatic hydroxyl groups is 1. The highest BCUT2D eigenvalue weighted by molar-refractivity contribution is 7.91. The lowest BCUT2D eigenvalue weighted by molar-refractivity contribution is 0.279. The van der Waals surface area contributed by atoms with Gasteiger partial charge >= 0.3 is 0 Å². The third-order valence-electron chi connectivity index (χ3n) is 2.64. The van der Waals surface area contributed by atoms with Crippen molar-refractivity contribution in [2.45, 2.75) is 31.7 Å². The van der Waals surface area contributed by atoms with Gasteiger partial charge in [-0.25, -0.2) is 8.42 Å². The van der Waals surface area contributed by atoms with Crippen LogP contribution in [-0.2, 0) is 9.84 Å². The van der Waals surface area contributed by atoms with E-state index in [4.69, 9.17) is 5.11 Å². The predicted molar refractivity (Wildman–Crippen MR) is 56.0 cm³/mol. The minimum Gasteiger partial charge on any atom is -0.396 e. The van der Waals surface area contributed by atoms with Gasteiger partial charge in [0.25, 0.3) is 0 Å². The van der Waals surface area contributed by atoms with Crippen LogP contribution in [0.5, 0.6) is 0 Å². The lowest BCUT2D eigenvalue weighted by atomic mass is 10.0. The van der Waals surface area contributed by atoms with E-state index in [1.807, 2.05) is 6.92 Å². The zero-order valence-electron chi connectivity index (χ0n) is 8.62. The molecule has 14 heavy (non-hydrogen) atoms. The zero-order chi connectivity index (χ0) is 10.7. The molecule has 1 aliphatic heterocycles. The summed E-state index contributed by atoms with van der Waals surface area (Å²) in [7, 11) is -2.81. The molecule has 1 heterocycles. The molecule has 1 rings (SSSR count). The molecule has 1 unspecified atom stereocenters. The quantitative estimate of drug-likeness (QED) is 0.638. The molecule has 1 saturated heterocycles. The van der Waals surface area contributed by atoms with Crippen molar-refractivity contribution in [2.24, 2.45) is 0 Å². The summed E-state index contributed by atoms with van der Waals surface area (Å²) in [6.07, 6.45) is 2.37. The molecule has 1 fully saturated rings. The summed E-state index contributed by atoms with van der Waals surface area (Å²) in [5, 5.41) is 11.8. The van der Waals surface area contributed by atoms with Gasteiger partial charge in [0.2, 0.25) is 0 Å². The smallest absolute Gasteiger partial charge is 0.152 e. The van der Waals surface area contributed by atoms with E-state index in [9.17, 15) is 8.42 Å². The molecule has 0 aromatic carbocycles. The maximum Gasteiger partial charge on any atom is 0.152 e. The van der Waals surface area contributed by atoms with E-state index in [-0.39, 0.29) is 17.9 Å². The molecule has 0 aromatic rings. The topological polar surface area (TPSA) is 66.4 Å². The van der Waals surface area contributed by atoms with Crippen LogP contribution in [0.1, 0.15) is 26.2 Å². The fraction of sp³-hybridized carbons (Fsp3) is 1.00. The molecule has 0 amide bonds. The van der Waals surface area contributed by atoms with Crippen LogP contribution in [0.25, 0.3) is 0 Å². The molecule has 0 aliphatic carbocycles. The Kier molecular flexibility index (Phi) is 3.92. The number of hydrogen-bond acceptors (Lipinski definition) is 4. The maximum absolute atomic E-state index is 11.3.